The van der Waals surface area contributed by atoms with E-state index in [0.29, 0.717) is 106 Å². The average molecular weight is 1750 g/mol. The second-order valence-corrected chi connectivity index (χ2v) is 35.0. The van der Waals surface area contributed by atoms with Gasteiger partial charge in [-0.25, -0.2) is 26.3 Å². The highest BCUT2D eigenvalue weighted by Gasteiger charge is 2.62. The molecule has 9 heterocycles. The number of hydrogen-bond donors (Lipinski definition) is 1. The number of ether oxygens (including phenoxy) is 5. The van der Waals surface area contributed by atoms with Crippen molar-refractivity contribution in [2.24, 2.45) is 23.7 Å². The van der Waals surface area contributed by atoms with E-state index >= 15 is 13.2 Å². The number of amides is 3. The first-order valence-corrected chi connectivity index (χ1v) is 43.7. The molecule has 1 N–H and O–H groups in total. The molecule has 0 bridgehead atoms. The first-order chi connectivity index (χ1) is 62.3. The number of nitrogens with zero attached hydrogens (tertiary/aromatic N) is 9. The number of fused-ring (bicyclic) bond motifs is 18. The number of halogens is 6. The van der Waals surface area contributed by atoms with Crippen molar-refractivity contribution in [3.05, 3.63) is 378 Å². The minimum absolute atomic E-state index is 0. The number of carbonyl (C=O) groups is 3. The first-order valence-electron chi connectivity index (χ1n) is 43.7. The molecule has 3 amide bonds. The molecule has 21 nitrogen and oxygen atoms in total. The van der Waals surface area contributed by atoms with E-state index in [2.05, 4.69) is 0 Å². The Kier molecular flexibility index (Phi) is 21.8. The van der Waals surface area contributed by atoms with Crippen molar-refractivity contribution in [3.8, 4) is 17.2 Å². The second-order valence-electron chi connectivity index (χ2n) is 35.0. The van der Waals surface area contributed by atoms with Gasteiger partial charge in [-0.15, -0.1) is 0 Å². The van der Waals surface area contributed by atoms with Gasteiger partial charge in [0.25, 0.3) is 17.7 Å². The lowest BCUT2D eigenvalue weighted by Gasteiger charge is -2.51. The Bertz CT molecular complexity index is 6460. The minimum atomic E-state index is -1.05. The van der Waals surface area contributed by atoms with E-state index in [1.54, 1.807) is 65.4 Å². The van der Waals surface area contributed by atoms with Gasteiger partial charge in [-0.05, 0) is 178 Å². The number of aromatic hydroxyl groups is 1. The van der Waals surface area contributed by atoms with Gasteiger partial charge in [0.2, 0.25) is 16.3 Å². The highest BCUT2D eigenvalue weighted by molar-refractivity contribution is 5.98. The largest absolute Gasteiger partial charge is 0.502 e. The Morgan fingerprint density at radius 2 is 0.814 bits per heavy atom. The Morgan fingerprint density at radius 1 is 0.388 bits per heavy atom. The third-order valence-corrected chi connectivity index (χ3v) is 28.1. The molecule has 660 valence electrons. The molecule has 4 unspecified atom stereocenters. The van der Waals surface area contributed by atoms with Crippen LogP contribution in [0.25, 0.3) is 12.2 Å². The van der Waals surface area contributed by atoms with Gasteiger partial charge in [0.1, 0.15) is 49.8 Å². The molecule has 0 saturated carbocycles. The van der Waals surface area contributed by atoms with E-state index in [9.17, 15) is 47.0 Å². The SMILES string of the molecule is C.O=C1c2c(O)c(=O)ccn2N(C23c4ccccc4CC2Cc2c3ccc(F)c2F)CN1CC1CCOCC1.O=C1c2c(OCc3ccccc3)c(=O)ccn2N(C23C(=Cc4c2ccc(F)c4F)Cc2ccccc23)CN1CC1CCOCC1.O=C1c2c(OCc3ccccc3)c(=O)ccn2N(C23C(=Cc4ccccc42)Cc2c3ccc(F)c2F)CN1CC1CCOCC1. The van der Waals surface area contributed by atoms with Gasteiger partial charge in [-0.3, -0.25) is 57.8 Å². The van der Waals surface area contributed by atoms with Crippen molar-refractivity contribution in [1.82, 2.24) is 28.7 Å². The quantitative estimate of drug-likeness (QED) is 0.0949. The van der Waals surface area contributed by atoms with Crippen LogP contribution < -0.4 is 40.8 Å². The van der Waals surface area contributed by atoms with Crippen molar-refractivity contribution in [2.45, 2.75) is 101 Å². The van der Waals surface area contributed by atoms with Crippen molar-refractivity contribution in [1.29, 1.82) is 0 Å². The van der Waals surface area contributed by atoms with E-state index < -0.39 is 79.5 Å². The third kappa shape index (κ3) is 13.6. The van der Waals surface area contributed by atoms with E-state index in [1.807, 2.05) is 155 Å². The smallest absolute Gasteiger partial charge is 0.277 e. The van der Waals surface area contributed by atoms with Crippen LogP contribution in [-0.4, -0.2) is 131 Å². The van der Waals surface area contributed by atoms with Crippen molar-refractivity contribution in [3.63, 3.8) is 0 Å². The fourth-order valence-corrected chi connectivity index (χ4v) is 22.2. The van der Waals surface area contributed by atoms with Crippen molar-refractivity contribution >= 4 is 29.9 Å². The van der Waals surface area contributed by atoms with Gasteiger partial charge in [-0.2, -0.15) is 0 Å². The summed E-state index contributed by atoms with van der Waals surface area (Å²) in [5.74, 6) is -6.52. The molecule has 23 rings (SSSR count). The number of aromatic nitrogens is 3. The van der Waals surface area contributed by atoms with Crippen LogP contribution in [0.1, 0.15) is 155 Å². The van der Waals surface area contributed by atoms with E-state index in [0.717, 1.165) is 100 Å². The summed E-state index contributed by atoms with van der Waals surface area (Å²) in [7, 11) is 0. The summed E-state index contributed by atoms with van der Waals surface area (Å²) in [6, 6.07) is 55.3. The Morgan fingerprint density at radius 3 is 1.36 bits per heavy atom. The summed E-state index contributed by atoms with van der Waals surface area (Å²) >= 11 is 0. The number of carbonyl (C=O) groups excluding carboxylic acids is 3. The van der Waals surface area contributed by atoms with Crippen molar-refractivity contribution in [2.75, 3.05) is 94.3 Å². The third-order valence-electron chi connectivity index (χ3n) is 28.1. The Hall–Kier alpha value is -13.2. The van der Waals surface area contributed by atoms with Gasteiger partial charge in [0.15, 0.2) is 69.2 Å². The zero-order valence-corrected chi connectivity index (χ0v) is 69.8. The van der Waals surface area contributed by atoms with Crippen LogP contribution in [0.2, 0.25) is 0 Å². The summed E-state index contributed by atoms with van der Waals surface area (Å²) in [5, 5.41) is 16.9. The van der Waals surface area contributed by atoms with Crippen molar-refractivity contribution < 1.29 is 69.5 Å². The maximum absolute atomic E-state index is 15.5. The zero-order chi connectivity index (χ0) is 87.6. The van der Waals surface area contributed by atoms with E-state index in [1.165, 1.54) is 36.5 Å². The topological polar surface area (TPSA) is 203 Å². The first kappa shape index (κ1) is 83.9. The van der Waals surface area contributed by atoms with Crippen LogP contribution in [0.4, 0.5) is 26.3 Å². The average Bonchev–Trinajstić information content (AvgIpc) is 1.48. The molecule has 8 aromatic carbocycles. The maximum atomic E-state index is 15.5. The molecule has 3 aromatic heterocycles. The van der Waals surface area contributed by atoms with E-state index in [4.69, 9.17) is 23.7 Å². The lowest BCUT2D eigenvalue weighted by Crippen LogP contribution is -2.63. The molecule has 11 aromatic rings. The monoisotopic (exact) mass is 1750 g/mol. The zero-order valence-electron chi connectivity index (χ0n) is 69.8. The highest BCUT2D eigenvalue weighted by Crippen LogP contribution is 2.61. The van der Waals surface area contributed by atoms with E-state index in [-0.39, 0.29) is 117 Å². The van der Waals surface area contributed by atoms with Crippen LogP contribution in [0.15, 0.2) is 232 Å². The predicted molar refractivity (Wildman–Crippen MR) is 470 cm³/mol. The van der Waals surface area contributed by atoms with Crippen LogP contribution in [0.5, 0.6) is 17.2 Å². The molecule has 0 spiro atoms. The summed E-state index contributed by atoms with van der Waals surface area (Å²) in [4.78, 5) is 87.2. The lowest BCUT2D eigenvalue weighted by molar-refractivity contribution is 0.0385. The standard InChI is InChI=1S/2C36H31F2N3O4.C29H27F2N3O4.CH4/c2*37-30-11-10-29-27(32(30)38)19-26-18-25-8-4-5-9-28(25)36(26,29)41-22-39(20-23-13-16-44-17-14-23)35(43)33-34(31(42)12-15-40(33)41)45-21-24-6-2-1-3-7-24;30-23-6-5-22-20(25(23)31)14-19-13-18-3-1-2-4-21(18)29(19,22)34-16-32(15-17-8-11-38-12-9-17)28(37)26-27(36)24(35)7-10-33(26)34;/h1-12,15,19,23H,13-14,16-18,20-22H2;1-12,15,18,23H,13-14,16-17,19-22H2;1-7,10,17,19,36H,8-9,11-16H2;1H4. The summed E-state index contributed by atoms with van der Waals surface area (Å²) < 4.78 is 124. The van der Waals surface area contributed by atoms with Crippen LogP contribution in [0, 0.1) is 58.6 Å². The fourth-order valence-electron chi connectivity index (χ4n) is 22.2. The van der Waals surface area contributed by atoms with Crippen LogP contribution in [0.3, 0.4) is 0 Å². The number of hydrogen-bond acceptors (Lipinski definition) is 15. The summed E-state index contributed by atoms with van der Waals surface area (Å²) in [6.45, 7) is 5.79. The van der Waals surface area contributed by atoms with Gasteiger partial charge in [0.05, 0.1) is 0 Å². The summed E-state index contributed by atoms with van der Waals surface area (Å²) in [6.07, 6.45) is 15.1. The maximum Gasteiger partial charge on any atom is 0.277 e. The summed E-state index contributed by atoms with van der Waals surface area (Å²) in [5.41, 5.74) is 7.76. The molecule has 4 atom stereocenters. The van der Waals surface area contributed by atoms with Gasteiger partial charge < -0.3 is 43.5 Å². The predicted octanol–water partition coefficient (Wildman–Crippen LogP) is 14.7. The molecular weight excluding hydrogens is 1660 g/mol. The molecule has 3 fully saturated rings. The molecule has 6 aliphatic heterocycles. The van der Waals surface area contributed by atoms with Gasteiger partial charge in [-0.1, -0.05) is 165 Å². The number of benzene rings is 8. The molecule has 129 heavy (non-hydrogen) atoms. The number of rotatable bonds is 15. The Labute approximate surface area is 739 Å². The molecule has 27 heteroatoms. The van der Waals surface area contributed by atoms with Gasteiger partial charge in [0, 0.05) is 120 Å². The molecule has 0 radical (unpaired) electrons. The molecule has 3 saturated heterocycles. The molecule has 6 aliphatic carbocycles. The molecule has 12 aliphatic rings. The lowest BCUT2D eigenvalue weighted by atomic mass is 9.81. The van der Waals surface area contributed by atoms with Crippen LogP contribution in [-0.2, 0) is 69.7 Å². The second kappa shape index (κ2) is 33.4. The van der Waals surface area contributed by atoms with Crippen LogP contribution >= 0.6 is 0 Å². The normalized spacial score (nSPS) is 21.4. The Balaban J connectivity index is 0.000000121. The number of pyridine rings is 3. The molecular formula is C102H93F6N9O12. The highest BCUT2D eigenvalue weighted by atomic mass is 19.2. The van der Waals surface area contributed by atoms with Gasteiger partial charge >= 0.3 is 0 Å². The fraction of sp³-hybridized carbons (Fsp3) is 0.314. The minimum Gasteiger partial charge on any atom is -0.502 e.